The summed E-state index contributed by atoms with van der Waals surface area (Å²) in [5.41, 5.74) is -1.03. The van der Waals surface area contributed by atoms with Gasteiger partial charge in [0.2, 0.25) is 11.8 Å². The van der Waals surface area contributed by atoms with Crippen molar-refractivity contribution in [2.24, 2.45) is 11.8 Å². The van der Waals surface area contributed by atoms with Crippen molar-refractivity contribution in [3.8, 4) is 17.4 Å². The van der Waals surface area contributed by atoms with Gasteiger partial charge in [-0.25, -0.2) is 9.78 Å². The number of hydrogen-bond donors (Lipinski definition) is 1. The monoisotopic (exact) mass is 570 g/mol. The Morgan fingerprint density at radius 3 is 2.32 bits per heavy atom. The molecule has 1 N–H and O–H groups in total. The van der Waals surface area contributed by atoms with E-state index in [0.717, 1.165) is 37.8 Å². The molecule has 4 rings (SSSR count). The molecular formula is C31H33F3N2O5. The lowest BCUT2D eigenvalue weighted by Crippen LogP contribution is -2.42. The van der Waals surface area contributed by atoms with E-state index < -0.39 is 23.6 Å². The number of pyridine rings is 1. The average Bonchev–Trinajstić information content (AvgIpc) is 2.93. The molecule has 0 atom stereocenters. The third-order valence-corrected chi connectivity index (χ3v) is 7.15. The standard InChI is InChI=1S/C31H33F3N2O5/c1-19(2)36(29(37)22-11-9-20(3)10-12-22)27-14-13-24(16-25(27)30(38)39)41-28-26(31(32,33)34)15-21(17-35-28)18-40-23-7-5-4-6-8-23/h4-8,13-17,19-20,22H,9-12,18H2,1-3H3,(H,38,39). The molecule has 218 valence electrons. The summed E-state index contributed by atoms with van der Waals surface area (Å²) in [7, 11) is 0. The van der Waals surface area contributed by atoms with Crippen LogP contribution in [0.4, 0.5) is 18.9 Å². The Balaban J connectivity index is 1.61. The van der Waals surface area contributed by atoms with Gasteiger partial charge in [0.15, 0.2) is 0 Å². The number of amides is 1. The van der Waals surface area contributed by atoms with E-state index in [1.54, 1.807) is 44.2 Å². The number of halogens is 3. The van der Waals surface area contributed by atoms with Gasteiger partial charge in [0.25, 0.3) is 0 Å². The fourth-order valence-electron chi connectivity index (χ4n) is 4.97. The van der Waals surface area contributed by atoms with Gasteiger partial charge in [0.05, 0.1) is 11.3 Å². The number of benzene rings is 2. The fraction of sp³-hybridized carbons (Fsp3) is 0.387. The van der Waals surface area contributed by atoms with Crippen molar-refractivity contribution in [1.29, 1.82) is 0 Å². The lowest BCUT2D eigenvalue weighted by molar-refractivity contribution is -0.139. The van der Waals surface area contributed by atoms with E-state index in [0.29, 0.717) is 11.7 Å². The maximum atomic E-state index is 14.0. The molecule has 1 fully saturated rings. The number of alkyl halides is 3. The molecule has 0 radical (unpaired) electrons. The number of carboxylic acid groups (broad SMARTS) is 1. The van der Waals surface area contributed by atoms with Crippen molar-refractivity contribution in [2.45, 2.75) is 65.3 Å². The molecule has 0 saturated heterocycles. The van der Waals surface area contributed by atoms with Crippen molar-refractivity contribution < 1.29 is 37.3 Å². The van der Waals surface area contributed by atoms with E-state index in [9.17, 15) is 27.9 Å². The number of aromatic carboxylic acids is 1. The fourth-order valence-corrected chi connectivity index (χ4v) is 4.97. The zero-order valence-corrected chi connectivity index (χ0v) is 23.1. The minimum atomic E-state index is -4.79. The molecule has 0 bridgehead atoms. The van der Waals surface area contributed by atoms with Gasteiger partial charge in [-0.05, 0) is 81.8 Å². The van der Waals surface area contributed by atoms with Gasteiger partial charge in [0.1, 0.15) is 23.7 Å². The summed E-state index contributed by atoms with van der Waals surface area (Å²) < 4.78 is 52.9. The number of ether oxygens (including phenoxy) is 2. The molecule has 1 amide bonds. The first kappa shape index (κ1) is 29.9. The molecule has 10 heteroatoms. The quantitative estimate of drug-likeness (QED) is 0.283. The first-order valence-corrected chi connectivity index (χ1v) is 13.6. The van der Waals surface area contributed by atoms with Crippen LogP contribution in [0.1, 0.15) is 67.9 Å². The molecular weight excluding hydrogens is 537 g/mol. The second-order valence-electron chi connectivity index (χ2n) is 10.6. The summed E-state index contributed by atoms with van der Waals surface area (Å²) in [4.78, 5) is 31.1. The van der Waals surface area contributed by atoms with E-state index in [4.69, 9.17) is 9.47 Å². The number of carbonyl (C=O) groups excluding carboxylic acids is 1. The number of carbonyl (C=O) groups is 2. The van der Waals surface area contributed by atoms with Crippen molar-refractivity contribution in [3.63, 3.8) is 0 Å². The van der Waals surface area contributed by atoms with Crippen molar-refractivity contribution in [2.75, 3.05) is 4.90 Å². The minimum absolute atomic E-state index is 0.142. The Labute approximate surface area is 236 Å². The van der Waals surface area contributed by atoms with Gasteiger partial charge in [-0.2, -0.15) is 13.2 Å². The molecule has 3 aromatic rings. The van der Waals surface area contributed by atoms with Gasteiger partial charge in [-0.15, -0.1) is 0 Å². The highest BCUT2D eigenvalue weighted by Crippen LogP contribution is 2.39. The number of hydrogen-bond acceptors (Lipinski definition) is 5. The topological polar surface area (TPSA) is 89.0 Å². The first-order chi connectivity index (χ1) is 19.4. The van der Waals surface area contributed by atoms with Crippen LogP contribution in [0, 0.1) is 11.8 Å². The van der Waals surface area contributed by atoms with Gasteiger partial charge in [0, 0.05) is 23.7 Å². The smallest absolute Gasteiger partial charge is 0.421 e. The highest BCUT2D eigenvalue weighted by Gasteiger charge is 2.36. The van der Waals surface area contributed by atoms with E-state index >= 15 is 0 Å². The summed E-state index contributed by atoms with van der Waals surface area (Å²) in [6.07, 6.45) is -0.279. The number of carboxylic acids is 1. The van der Waals surface area contributed by atoms with E-state index in [-0.39, 0.29) is 47.0 Å². The van der Waals surface area contributed by atoms with Crippen LogP contribution in [-0.2, 0) is 17.6 Å². The SMILES string of the molecule is CC1CCC(C(=O)N(c2ccc(Oc3ncc(COc4ccccc4)cc3C(F)(F)F)cc2C(=O)O)C(C)C)CC1. The van der Waals surface area contributed by atoms with Crippen LogP contribution >= 0.6 is 0 Å². The second-order valence-corrected chi connectivity index (χ2v) is 10.6. The summed E-state index contributed by atoms with van der Waals surface area (Å²) in [5.74, 6) is -1.55. The third-order valence-electron chi connectivity index (χ3n) is 7.15. The van der Waals surface area contributed by atoms with Gasteiger partial charge < -0.3 is 19.5 Å². The second kappa shape index (κ2) is 12.6. The highest BCUT2D eigenvalue weighted by atomic mass is 19.4. The van der Waals surface area contributed by atoms with Crippen LogP contribution in [0.25, 0.3) is 0 Å². The number of rotatable bonds is 9. The maximum Gasteiger partial charge on any atom is 0.421 e. The summed E-state index contributed by atoms with van der Waals surface area (Å²) in [6, 6.07) is 13.1. The molecule has 41 heavy (non-hydrogen) atoms. The van der Waals surface area contributed by atoms with Gasteiger partial charge >= 0.3 is 12.1 Å². The van der Waals surface area contributed by atoms with Crippen LogP contribution in [-0.4, -0.2) is 28.0 Å². The lowest BCUT2D eigenvalue weighted by atomic mass is 9.82. The molecule has 1 aliphatic carbocycles. The zero-order chi connectivity index (χ0) is 29.7. The molecule has 0 aliphatic heterocycles. The van der Waals surface area contributed by atoms with Gasteiger partial charge in [-0.1, -0.05) is 25.1 Å². The van der Waals surface area contributed by atoms with Gasteiger partial charge in [-0.3, -0.25) is 4.79 Å². The highest BCUT2D eigenvalue weighted by molar-refractivity contribution is 6.03. The number of nitrogens with zero attached hydrogens (tertiary/aromatic N) is 2. The summed E-state index contributed by atoms with van der Waals surface area (Å²) in [5, 5.41) is 9.98. The first-order valence-electron chi connectivity index (χ1n) is 13.6. The number of para-hydroxylation sites is 1. The largest absolute Gasteiger partial charge is 0.489 e. The maximum absolute atomic E-state index is 14.0. The number of anilines is 1. The minimum Gasteiger partial charge on any atom is -0.489 e. The van der Waals surface area contributed by atoms with Crippen LogP contribution in [0.3, 0.4) is 0 Å². The van der Waals surface area contributed by atoms with Crippen LogP contribution < -0.4 is 14.4 Å². The summed E-state index contributed by atoms with van der Waals surface area (Å²) >= 11 is 0. The molecule has 0 unspecified atom stereocenters. The summed E-state index contributed by atoms with van der Waals surface area (Å²) in [6.45, 7) is 5.59. The van der Waals surface area contributed by atoms with Crippen LogP contribution in [0.5, 0.6) is 17.4 Å². The molecule has 2 aromatic carbocycles. The Morgan fingerprint density at radius 2 is 1.71 bits per heavy atom. The van der Waals surface area contributed by atoms with Crippen LogP contribution in [0.15, 0.2) is 60.8 Å². The van der Waals surface area contributed by atoms with E-state index in [2.05, 4.69) is 11.9 Å². The molecule has 7 nitrogen and oxygen atoms in total. The lowest BCUT2D eigenvalue weighted by Gasteiger charge is -2.34. The molecule has 1 aliphatic rings. The van der Waals surface area contributed by atoms with E-state index in [1.807, 2.05) is 0 Å². The molecule has 1 heterocycles. The average molecular weight is 571 g/mol. The molecule has 0 spiro atoms. The molecule has 1 saturated carbocycles. The van der Waals surface area contributed by atoms with Crippen molar-refractivity contribution in [1.82, 2.24) is 4.98 Å². The Kier molecular flexibility index (Phi) is 9.20. The third kappa shape index (κ3) is 7.36. The Bertz CT molecular complexity index is 1370. The van der Waals surface area contributed by atoms with Crippen LogP contribution in [0.2, 0.25) is 0 Å². The normalized spacial score (nSPS) is 17.2. The number of aromatic nitrogens is 1. The predicted octanol–water partition coefficient (Wildman–Crippen LogP) is 7.74. The van der Waals surface area contributed by atoms with E-state index in [1.165, 1.54) is 23.2 Å². The molecule has 1 aromatic heterocycles. The Morgan fingerprint density at radius 1 is 1.02 bits per heavy atom. The van der Waals surface area contributed by atoms with Crippen molar-refractivity contribution in [3.05, 3.63) is 77.5 Å². The predicted molar refractivity (Wildman–Crippen MR) is 147 cm³/mol. The van der Waals surface area contributed by atoms with Crippen molar-refractivity contribution >= 4 is 17.6 Å². The zero-order valence-electron chi connectivity index (χ0n) is 23.1. The Hall–Kier alpha value is -4.08.